The summed E-state index contributed by atoms with van der Waals surface area (Å²) in [5.41, 5.74) is 5.36. The summed E-state index contributed by atoms with van der Waals surface area (Å²) >= 11 is 0. The number of halogens is 1. The fourth-order valence-electron chi connectivity index (χ4n) is 2.82. The van der Waals surface area contributed by atoms with Crippen LogP contribution in [0.25, 0.3) is 11.1 Å². The van der Waals surface area contributed by atoms with Crippen LogP contribution in [0.1, 0.15) is 21.5 Å². The van der Waals surface area contributed by atoms with Crippen LogP contribution in [0.3, 0.4) is 0 Å². The van der Waals surface area contributed by atoms with Crippen molar-refractivity contribution < 1.29 is 26.3 Å². The van der Waals surface area contributed by atoms with Gasteiger partial charge in [-0.3, -0.25) is 4.79 Å². The smallest absolute Gasteiger partial charge is 0.227 e. The predicted octanol–water partition coefficient (Wildman–Crippen LogP) is 1.14. The van der Waals surface area contributed by atoms with Crippen molar-refractivity contribution in [2.45, 2.75) is 20.4 Å². The Labute approximate surface area is 153 Å². The Kier molecular flexibility index (Phi) is 6.04. The first-order valence-corrected chi connectivity index (χ1v) is 7.78. The summed E-state index contributed by atoms with van der Waals surface area (Å²) in [6.45, 7) is 4.46. The number of aromatic nitrogens is 1. The van der Waals surface area contributed by atoms with E-state index in [9.17, 15) is 4.79 Å². The lowest BCUT2D eigenvalue weighted by atomic mass is 10.0. The van der Waals surface area contributed by atoms with Gasteiger partial charge in [0.25, 0.3) is 0 Å². The zero-order valence-corrected chi connectivity index (χ0v) is 15.5. The SMILES string of the molecule is Cc1cc(C)c[n+](CC(=O)c2ccc(-c3ccccc3)cc2)c1.[Br-]. The molecule has 24 heavy (non-hydrogen) atoms. The van der Waals surface area contributed by atoms with E-state index in [2.05, 4.69) is 18.2 Å². The first-order chi connectivity index (χ1) is 11.1. The summed E-state index contributed by atoms with van der Waals surface area (Å²) in [6, 6.07) is 20.1. The van der Waals surface area contributed by atoms with Gasteiger partial charge in [0.05, 0.1) is 0 Å². The normalized spacial score (nSPS) is 10.1. The van der Waals surface area contributed by atoms with Crippen molar-refractivity contribution in [3.63, 3.8) is 0 Å². The summed E-state index contributed by atoms with van der Waals surface area (Å²) in [7, 11) is 0. The van der Waals surface area contributed by atoms with Crippen molar-refractivity contribution >= 4 is 5.78 Å². The van der Waals surface area contributed by atoms with Gasteiger partial charge in [-0.05, 0) is 31.0 Å². The number of rotatable bonds is 4. The van der Waals surface area contributed by atoms with Gasteiger partial charge in [0, 0.05) is 16.7 Å². The fourth-order valence-corrected chi connectivity index (χ4v) is 2.82. The molecule has 1 aromatic heterocycles. The van der Waals surface area contributed by atoms with Crippen LogP contribution in [0.2, 0.25) is 0 Å². The van der Waals surface area contributed by atoms with Crippen molar-refractivity contribution in [1.29, 1.82) is 0 Å². The maximum Gasteiger partial charge on any atom is 0.227 e. The molecule has 0 bridgehead atoms. The van der Waals surface area contributed by atoms with Gasteiger partial charge >= 0.3 is 0 Å². The highest BCUT2D eigenvalue weighted by molar-refractivity contribution is 5.95. The summed E-state index contributed by atoms with van der Waals surface area (Å²) in [5, 5.41) is 0. The largest absolute Gasteiger partial charge is 1.00 e. The first kappa shape index (κ1) is 18.1. The monoisotopic (exact) mass is 381 g/mol. The third-order valence-corrected chi connectivity index (χ3v) is 3.83. The first-order valence-electron chi connectivity index (χ1n) is 7.78. The van der Waals surface area contributed by atoms with Crippen LogP contribution in [0.5, 0.6) is 0 Å². The molecule has 0 aliphatic rings. The molecule has 1 heterocycles. The number of aryl methyl sites for hydroxylation is 2. The molecule has 0 saturated carbocycles. The number of benzene rings is 2. The van der Waals surface area contributed by atoms with E-state index in [1.54, 1.807) is 0 Å². The van der Waals surface area contributed by atoms with Crippen molar-refractivity contribution in [3.8, 4) is 11.1 Å². The number of hydrogen-bond donors (Lipinski definition) is 0. The van der Waals surface area contributed by atoms with E-state index in [1.807, 2.05) is 73.3 Å². The highest BCUT2D eigenvalue weighted by atomic mass is 79.9. The Hall–Kier alpha value is -2.26. The van der Waals surface area contributed by atoms with Crippen LogP contribution in [0.15, 0.2) is 73.1 Å². The molecular formula is C21H20BrNO. The van der Waals surface area contributed by atoms with Crippen LogP contribution < -0.4 is 21.5 Å². The number of carbonyl (C=O) groups excluding carboxylic acids is 1. The molecule has 0 unspecified atom stereocenters. The molecule has 2 nitrogen and oxygen atoms in total. The van der Waals surface area contributed by atoms with E-state index in [1.165, 1.54) is 0 Å². The molecule has 0 spiro atoms. The third kappa shape index (κ3) is 4.39. The van der Waals surface area contributed by atoms with Crippen LogP contribution in [0.4, 0.5) is 0 Å². The van der Waals surface area contributed by atoms with Gasteiger partial charge in [0.2, 0.25) is 12.3 Å². The number of carbonyl (C=O) groups is 1. The van der Waals surface area contributed by atoms with Crippen LogP contribution in [-0.4, -0.2) is 5.78 Å². The van der Waals surface area contributed by atoms with E-state index in [0.717, 1.165) is 27.8 Å². The minimum atomic E-state index is 0. The minimum Gasteiger partial charge on any atom is -1.00 e. The molecule has 2 aromatic carbocycles. The second kappa shape index (κ2) is 8.02. The quantitative estimate of drug-likeness (QED) is 0.490. The van der Waals surface area contributed by atoms with E-state index in [4.69, 9.17) is 0 Å². The molecule has 0 fully saturated rings. The Balaban J connectivity index is 0.00000208. The average molecular weight is 382 g/mol. The topological polar surface area (TPSA) is 20.9 Å². The zero-order chi connectivity index (χ0) is 16.2. The molecule has 0 amide bonds. The van der Waals surface area contributed by atoms with Gasteiger partial charge in [-0.1, -0.05) is 54.6 Å². The molecule has 0 atom stereocenters. The predicted molar refractivity (Wildman–Crippen MR) is 92.3 cm³/mol. The van der Waals surface area contributed by atoms with Gasteiger partial charge in [-0.15, -0.1) is 0 Å². The number of pyridine rings is 1. The average Bonchev–Trinajstić information content (AvgIpc) is 2.55. The van der Waals surface area contributed by atoms with Gasteiger partial charge < -0.3 is 17.0 Å². The van der Waals surface area contributed by atoms with Crippen LogP contribution >= 0.6 is 0 Å². The molecule has 0 saturated heterocycles. The Morgan fingerprint density at radius 2 is 1.38 bits per heavy atom. The van der Waals surface area contributed by atoms with Crippen LogP contribution in [0, 0.1) is 13.8 Å². The maximum absolute atomic E-state index is 12.5. The summed E-state index contributed by atoms with van der Waals surface area (Å²) < 4.78 is 1.96. The second-order valence-corrected chi connectivity index (χ2v) is 5.93. The third-order valence-electron chi connectivity index (χ3n) is 3.83. The van der Waals surface area contributed by atoms with Gasteiger partial charge in [0.1, 0.15) is 0 Å². The van der Waals surface area contributed by atoms with E-state index >= 15 is 0 Å². The number of ketones is 1. The lowest BCUT2D eigenvalue weighted by molar-refractivity contribution is -0.683. The molecule has 3 heteroatoms. The van der Waals surface area contributed by atoms with Crippen molar-refractivity contribution in [2.75, 3.05) is 0 Å². The Bertz CT molecular complexity index is 806. The minimum absolute atomic E-state index is 0. The van der Waals surface area contributed by atoms with Crippen molar-refractivity contribution in [1.82, 2.24) is 0 Å². The van der Waals surface area contributed by atoms with E-state index in [-0.39, 0.29) is 22.8 Å². The molecular weight excluding hydrogens is 362 g/mol. The summed E-state index contributed by atoms with van der Waals surface area (Å²) in [5.74, 6) is 0.125. The molecule has 122 valence electrons. The number of Topliss-reactive ketones (excluding diaryl/α,β-unsaturated/α-hetero) is 1. The van der Waals surface area contributed by atoms with Gasteiger partial charge in [-0.2, -0.15) is 4.57 Å². The number of nitrogens with zero attached hydrogens (tertiary/aromatic N) is 1. The fraction of sp³-hybridized carbons (Fsp3) is 0.143. The molecule has 0 radical (unpaired) electrons. The zero-order valence-electron chi connectivity index (χ0n) is 13.9. The van der Waals surface area contributed by atoms with Crippen LogP contribution in [-0.2, 0) is 6.54 Å². The van der Waals surface area contributed by atoms with Gasteiger partial charge in [0.15, 0.2) is 12.4 Å². The summed E-state index contributed by atoms with van der Waals surface area (Å²) in [4.78, 5) is 12.5. The molecule has 0 aliphatic heterocycles. The van der Waals surface area contributed by atoms with Crippen molar-refractivity contribution in [3.05, 3.63) is 89.7 Å². The highest BCUT2D eigenvalue weighted by Gasteiger charge is 2.13. The molecule has 3 rings (SSSR count). The lowest BCUT2D eigenvalue weighted by Crippen LogP contribution is -3.00. The van der Waals surface area contributed by atoms with E-state index in [0.29, 0.717) is 6.54 Å². The standard InChI is InChI=1S/C21H20NO.BrH/c1-16-12-17(2)14-22(13-16)15-21(23)20-10-8-19(9-11-20)18-6-4-3-5-7-18;/h3-14H,15H2,1-2H3;1H/q+1;/p-1. The maximum atomic E-state index is 12.5. The number of hydrogen-bond acceptors (Lipinski definition) is 1. The Morgan fingerprint density at radius 3 is 1.96 bits per heavy atom. The van der Waals surface area contributed by atoms with Crippen molar-refractivity contribution in [2.24, 2.45) is 0 Å². The molecule has 0 N–H and O–H groups in total. The van der Waals surface area contributed by atoms with E-state index < -0.39 is 0 Å². The van der Waals surface area contributed by atoms with Gasteiger partial charge in [-0.25, -0.2) is 0 Å². The highest BCUT2D eigenvalue weighted by Crippen LogP contribution is 2.19. The molecule has 0 aliphatic carbocycles. The second-order valence-electron chi connectivity index (χ2n) is 5.93. The lowest BCUT2D eigenvalue weighted by Gasteiger charge is -2.04. The summed E-state index contributed by atoms with van der Waals surface area (Å²) in [6.07, 6.45) is 4.01. The Morgan fingerprint density at radius 1 is 0.833 bits per heavy atom. The molecule has 3 aromatic rings.